The third kappa shape index (κ3) is 5.68. The number of Topliss-reactive ketones (excluding diaryl/α,β-unsaturated/α-hetero) is 1. The van der Waals surface area contributed by atoms with E-state index in [1.807, 2.05) is 61.5 Å². The lowest BCUT2D eigenvalue weighted by Gasteiger charge is -2.36. The fourth-order valence-electron chi connectivity index (χ4n) is 4.44. The Morgan fingerprint density at radius 1 is 0.970 bits per heavy atom. The van der Waals surface area contributed by atoms with E-state index in [1.54, 1.807) is 12.1 Å². The quantitative estimate of drug-likeness (QED) is 0.507. The van der Waals surface area contributed by atoms with Crippen molar-refractivity contribution in [2.45, 2.75) is 38.3 Å². The van der Waals surface area contributed by atoms with E-state index in [0.717, 1.165) is 17.9 Å². The topological polar surface area (TPSA) is 66.8 Å². The number of nitrogens with zero attached hydrogens (tertiary/aromatic N) is 1. The Labute approximate surface area is 194 Å². The lowest BCUT2D eigenvalue weighted by atomic mass is 9.87. The van der Waals surface area contributed by atoms with Crippen molar-refractivity contribution < 1.29 is 19.4 Å². The molecule has 0 aliphatic carbocycles. The van der Waals surface area contributed by atoms with Crippen molar-refractivity contribution >= 4 is 11.8 Å². The van der Waals surface area contributed by atoms with Crippen LogP contribution >= 0.6 is 0 Å². The van der Waals surface area contributed by atoms with Crippen LogP contribution < -0.4 is 4.74 Å². The van der Waals surface area contributed by atoms with Gasteiger partial charge < -0.3 is 9.84 Å². The van der Waals surface area contributed by atoms with Crippen LogP contribution in [0.3, 0.4) is 0 Å². The predicted molar refractivity (Wildman–Crippen MR) is 128 cm³/mol. The zero-order valence-corrected chi connectivity index (χ0v) is 18.8. The van der Waals surface area contributed by atoms with Crippen LogP contribution in [0.25, 0.3) is 0 Å². The maximum Gasteiger partial charge on any atom is 0.335 e. The van der Waals surface area contributed by atoms with Crippen molar-refractivity contribution in [3.05, 3.63) is 101 Å². The zero-order valence-electron chi connectivity index (χ0n) is 18.8. The van der Waals surface area contributed by atoms with Crippen LogP contribution in [0.1, 0.15) is 46.3 Å². The molecule has 33 heavy (non-hydrogen) atoms. The maximum atomic E-state index is 13.4. The van der Waals surface area contributed by atoms with Crippen LogP contribution in [-0.2, 0) is 17.8 Å². The molecule has 0 amide bonds. The highest BCUT2D eigenvalue weighted by molar-refractivity contribution is 5.88. The summed E-state index contributed by atoms with van der Waals surface area (Å²) in [6, 6.07) is 24.7. The number of ketones is 1. The molecule has 170 valence electrons. The molecule has 3 aromatic rings. The van der Waals surface area contributed by atoms with Gasteiger partial charge in [0, 0.05) is 19.5 Å². The van der Waals surface area contributed by atoms with E-state index < -0.39 is 5.97 Å². The van der Waals surface area contributed by atoms with Gasteiger partial charge in [-0.05, 0) is 53.3 Å². The predicted octanol–water partition coefficient (Wildman–Crippen LogP) is 4.95. The van der Waals surface area contributed by atoms with Gasteiger partial charge in [0.1, 0.15) is 12.4 Å². The molecule has 5 nitrogen and oxygen atoms in total. The van der Waals surface area contributed by atoms with E-state index in [4.69, 9.17) is 9.84 Å². The molecule has 0 saturated heterocycles. The van der Waals surface area contributed by atoms with Crippen molar-refractivity contribution in [2.24, 2.45) is 0 Å². The Bertz CT molecular complexity index is 1090. The summed E-state index contributed by atoms with van der Waals surface area (Å²) in [5, 5.41) is 9.11. The summed E-state index contributed by atoms with van der Waals surface area (Å²) in [6.45, 7) is 3.93. The number of aromatic carboxylic acids is 1. The number of rotatable bonds is 9. The van der Waals surface area contributed by atoms with Gasteiger partial charge in [0.15, 0.2) is 5.78 Å². The van der Waals surface area contributed by atoms with Gasteiger partial charge in [-0.15, -0.1) is 0 Å². The molecule has 5 heteroatoms. The second-order valence-electron chi connectivity index (χ2n) is 8.62. The van der Waals surface area contributed by atoms with Crippen molar-refractivity contribution in [2.75, 3.05) is 13.2 Å². The largest absolute Gasteiger partial charge is 0.492 e. The minimum atomic E-state index is -0.945. The van der Waals surface area contributed by atoms with Crippen molar-refractivity contribution in [3.8, 4) is 5.75 Å². The Kier molecular flexibility index (Phi) is 7.20. The molecule has 2 atom stereocenters. The molecule has 0 radical (unpaired) electrons. The fourth-order valence-corrected chi connectivity index (χ4v) is 4.44. The number of hydrogen-bond acceptors (Lipinski definition) is 4. The third-order valence-electron chi connectivity index (χ3n) is 6.34. The molecule has 3 aromatic carbocycles. The van der Waals surface area contributed by atoms with Gasteiger partial charge >= 0.3 is 5.97 Å². The number of ether oxygens (including phenoxy) is 1. The van der Waals surface area contributed by atoms with Crippen LogP contribution in [-0.4, -0.2) is 41.0 Å². The van der Waals surface area contributed by atoms with E-state index in [9.17, 15) is 9.59 Å². The molecule has 0 bridgehead atoms. The summed E-state index contributed by atoms with van der Waals surface area (Å²) in [4.78, 5) is 26.8. The summed E-state index contributed by atoms with van der Waals surface area (Å²) in [6.07, 6.45) is 1.11. The highest BCUT2D eigenvalue weighted by Crippen LogP contribution is 2.27. The van der Waals surface area contributed by atoms with E-state index in [1.165, 1.54) is 11.1 Å². The maximum absolute atomic E-state index is 13.4. The van der Waals surface area contributed by atoms with Gasteiger partial charge in [0.05, 0.1) is 11.6 Å². The second kappa shape index (κ2) is 10.5. The molecule has 0 unspecified atom stereocenters. The third-order valence-corrected chi connectivity index (χ3v) is 6.34. The van der Waals surface area contributed by atoms with E-state index >= 15 is 0 Å². The molecule has 0 aromatic heterocycles. The van der Waals surface area contributed by atoms with E-state index in [0.29, 0.717) is 26.0 Å². The smallest absolute Gasteiger partial charge is 0.335 e. The van der Waals surface area contributed by atoms with Gasteiger partial charge in [0.2, 0.25) is 0 Å². The standard InChI is InChI=1S/C28H29NO4/c1-20(21-11-13-22(14-12-21)28(31)32)17-27(30)26-18-23-7-5-6-8-24(23)19-29(26)15-16-33-25-9-3-2-4-10-25/h2-14,20,26H,15-19H2,1H3,(H,31,32)/t20-,26-/m1/s1. The highest BCUT2D eigenvalue weighted by atomic mass is 16.5. The van der Waals surface area contributed by atoms with Crippen molar-refractivity contribution in [3.63, 3.8) is 0 Å². The van der Waals surface area contributed by atoms with Crippen LogP contribution in [0.4, 0.5) is 0 Å². The lowest BCUT2D eigenvalue weighted by Crippen LogP contribution is -2.47. The molecular weight excluding hydrogens is 414 g/mol. The van der Waals surface area contributed by atoms with Crippen LogP contribution in [0.2, 0.25) is 0 Å². The lowest BCUT2D eigenvalue weighted by molar-refractivity contribution is -0.125. The first kappa shape index (κ1) is 22.7. The number of carboxylic acids is 1. The molecule has 0 fully saturated rings. The van der Waals surface area contributed by atoms with E-state index in [-0.39, 0.29) is 23.3 Å². The number of para-hydroxylation sites is 1. The van der Waals surface area contributed by atoms with Gasteiger partial charge in [0.25, 0.3) is 0 Å². The fraction of sp³-hybridized carbons (Fsp3) is 0.286. The molecular formula is C28H29NO4. The van der Waals surface area contributed by atoms with Crippen LogP contribution in [0.5, 0.6) is 5.75 Å². The normalized spacial score (nSPS) is 16.6. The Morgan fingerprint density at radius 3 is 2.33 bits per heavy atom. The average Bonchev–Trinajstić information content (AvgIpc) is 2.84. The summed E-state index contributed by atoms with van der Waals surface area (Å²) in [5.41, 5.74) is 3.72. The minimum absolute atomic E-state index is 0.0138. The molecule has 4 rings (SSSR count). The molecule has 1 aliphatic rings. The molecule has 1 heterocycles. The molecule has 1 aliphatic heterocycles. The van der Waals surface area contributed by atoms with Crippen LogP contribution in [0.15, 0.2) is 78.9 Å². The first-order chi connectivity index (χ1) is 16.0. The Balaban J connectivity index is 1.44. The first-order valence-electron chi connectivity index (χ1n) is 11.4. The number of carbonyl (C=O) groups is 2. The summed E-state index contributed by atoms with van der Waals surface area (Å²) in [5.74, 6) is 0.106. The van der Waals surface area contributed by atoms with Gasteiger partial charge in [-0.1, -0.05) is 61.5 Å². The average molecular weight is 444 g/mol. The van der Waals surface area contributed by atoms with Crippen molar-refractivity contribution in [1.82, 2.24) is 4.90 Å². The molecule has 1 N–H and O–H groups in total. The van der Waals surface area contributed by atoms with Gasteiger partial charge in [-0.2, -0.15) is 0 Å². The van der Waals surface area contributed by atoms with Crippen LogP contribution in [0, 0.1) is 0 Å². The summed E-state index contributed by atoms with van der Waals surface area (Å²) < 4.78 is 5.90. The Morgan fingerprint density at radius 2 is 1.64 bits per heavy atom. The first-order valence-corrected chi connectivity index (χ1v) is 11.4. The SMILES string of the molecule is C[C@H](CC(=O)[C@H]1Cc2ccccc2CN1CCOc1ccccc1)c1ccc(C(=O)O)cc1. The monoisotopic (exact) mass is 443 g/mol. The van der Waals surface area contributed by atoms with Crippen molar-refractivity contribution in [1.29, 1.82) is 0 Å². The number of carbonyl (C=O) groups excluding carboxylic acids is 1. The summed E-state index contributed by atoms with van der Waals surface area (Å²) in [7, 11) is 0. The second-order valence-corrected chi connectivity index (χ2v) is 8.62. The number of fused-ring (bicyclic) bond motifs is 1. The highest BCUT2D eigenvalue weighted by Gasteiger charge is 2.31. The molecule has 0 spiro atoms. The number of benzene rings is 3. The van der Waals surface area contributed by atoms with Gasteiger partial charge in [-0.3, -0.25) is 9.69 Å². The molecule has 0 saturated carbocycles. The number of carboxylic acid groups (broad SMARTS) is 1. The Hall–Kier alpha value is -3.44. The zero-order chi connectivity index (χ0) is 23.2. The summed E-state index contributed by atoms with van der Waals surface area (Å²) >= 11 is 0. The number of hydrogen-bond donors (Lipinski definition) is 1. The van der Waals surface area contributed by atoms with E-state index in [2.05, 4.69) is 17.0 Å². The van der Waals surface area contributed by atoms with Gasteiger partial charge in [-0.25, -0.2) is 4.79 Å². The minimum Gasteiger partial charge on any atom is -0.492 e.